The number of hydrogen-bond donors (Lipinski definition) is 1. The Morgan fingerprint density at radius 3 is 2.68 bits per heavy atom. The molecule has 28 heavy (non-hydrogen) atoms. The van der Waals surface area contributed by atoms with Gasteiger partial charge in [-0.15, -0.1) is 0 Å². The number of fused-ring (bicyclic) bond motifs is 1. The highest BCUT2D eigenvalue weighted by atomic mass is 16.5. The van der Waals surface area contributed by atoms with E-state index in [2.05, 4.69) is 10.1 Å². The van der Waals surface area contributed by atoms with Crippen LogP contribution >= 0.6 is 0 Å². The minimum absolute atomic E-state index is 0.0811. The molecule has 0 fully saturated rings. The maximum atomic E-state index is 12.2. The standard InChI is InChI=1S/C21H19NO6/c1-13-7-8-15(20(24)26-2)10-17(13)22-19(23)12-28-21(25)16-9-14-5-3-4-6-18(14)27-11-16/h3-10H,11-12H2,1-2H3,(H,22,23). The van der Waals surface area contributed by atoms with Gasteiger partial charge in [-0.3, -0.25) is 4.79 Å². The van der Waals surface area contributed by atoms with Gasteiger partial charge in [0.25, 0.3) is 5.91 Å². The molecule has 3 rings (SSSR count). The van der Waals surface area contributed by atoms with Crippen molar-refractivity contribution in [1.82, 2.24) is 0 Å². The quantitative estimate of drug-likeness (QED) is 0.801. The van der Waals surface area contributed by atoms with Gasteiger partial charge in [0.05, 0.1) is 18.2 Å². The second kappa shape index (κ2) is 8.39. The molecule has 1 N–H and O–H groups in total. The molecule has 1 amide bonds. The number of aryl methyl sites for hydroxylation is 1. The molecule has 0 radical (unpaired) electrons. The lowest BCUT2D eigenvalue weighted by molar-refractivity contribution is -0.143. The summed E-state index contributed by atoms with van der Waals surface area (Å²) in [6, 6.07) is 12.1. The number of carbonyl (C=O) groups is 3. The van der Waals surface area contributed by atoms with E-state index in [1.54, 1.807) is 25.1 Å². The zero-order chi connectivity index (χ0) is 20.1. The number of hydrogen-bond acceptors (Lipinski definition) is 6. The Kier molecular flexibility index (Phi) is 5.74. The number of para-hydroxylation sites is 1. The number of methoxy groups -OCH3 is 1. The Labute approximate surface area is 161 Å². The summed E-state index contributed by atoms with van der Waals surface area (Å²) < 4.78 is 15.3. The molecular weight excluding hydrogens is 362 g/mol. The minimum Gasteiger partial charge on any atom is -0.488 e. The van der Waals surface area contributed by atoms with Gasteiger partial charge in [0, 0.05) is 11.3 Å². The molecular formula is C21H19NO6. The van der Waals surface area contributed by atoms with Gasteiger partial charge in [-0.2, -0.15) is 0 Å². The molecule has 1 aliphatic rings. The molecule has 7 nitrogen and oxygen atoms in total. The average Bonchev–Trinajstić information content (AvgIpc) is 2.72. The minimum atomic E-state index is -0.621. The van der Waals surface area contributed by atoms with Crippen LogP contribution in [0.2, 0.25) is 0 Å². The van der Waals surface area contributed by atoms with Crippen LogP contribution in [0.4, 0.5) is 5.69 Å². The van der Waals surface area contributed by atoms with Gasteiger partial charge in [-0.25, -0.2) is 9.59 Å². The maximum Gasteiger partial charge on any atom is 0.338 e. The fourth-order valence-electron chi connectivity index (χ4n) is 2.65. The predicted molar refractivity (Wildman–Crippen MR) is 102 cm³/mol. The predicted octanol–water partition coefficient (Wildman–Crippen LogP) is 2.74. The van der Waals surface area contributed by atoms with Crippen molar-refractivity contribution in [2.24, 2.45) is 0 Å². The van der Waals surface area contributed by atoms with Crippen molar-refractivity contribution in [3.8, 4) is 5.75 Å². The van der Waals surface area contributed by atoms with E-state index in [9.17, 15) is 14.4 Å². The topological polar surface area (TPSA) is 90.9 Å². The SMILES string of the molecule is COC(=O)c1ccc(C)c(NC(=O)COC(=O)C2=Cc3ccccc3OC2)c1. The first-order chi connectivity index (χ1) is 13.5. The fraction of sp³-hybridized carbons (Fsp3) is 0.190. The van der Waals surface area contributed by atoms with Crippen LogP contribution in [-0.2, 0) is 19.1 Å². The highest BCUT2D eigenvalue weighted by molar-refractivity contribution is 5.99. The molecule has 0 aromatic heterocycles. The van der Waals surface area contributed by atoms with E-state index in [-0.39, 0.29) is 6.61 Å². The number of benzene rings is 2. The molecule has 1 aliphatic heterocycles. The number of esters is 2. The number of rotatable bonds is 5. The lowest BCUT2D eigenvalue weighted by Crippen LogP contribution is -2.24. The second-order valence-electron chi connectivity index (χ2n) is 6.14. The summed E-state index contributed by atoms with van der Waals surface area (Å²) in [5.74, 6) is -0.954. The first-order valence-electron chi connectivity index (χ1n) is 8.56. The van der Waals surface area contributed by atoms with Gasteiger partial charge in [0.2, 0.25) is 0 Å². The Bertz CT molecular complexity index is 963. The van der Waals surface area contributed by atoms with Crippen molar-refractivity contribution < 1.29 is 28.6 Å². The molecule has 0 unspecified atom stereocenters. The summed E-state index contributed by atoms with van der Waals surface area (Å²) in [5.41, 5.74) is 2.62. The molecule has 0 atom stereocenters. The summed E-state index contributed by atoms with van der Waals surface area (Å²) in [7, 11) is 1.28. The third kappa shape index (κ3) is 4.37. The van der Waals surface area contributed by atoms with Gasteiger partial charge in [-0.05, 0) is 36.8 Å². The molecule has 0 spiro atoms. The second-order valence-corrected chi connectivity index (χ2v) is 6.14. The van der Waals surface area contributed by atoms with E-state index in [0.717, 1.165) is 11.1 Å². The first-order valence-corrected chi connectivity index (χ1v) is 8.56. The van der Waals surface area contributed by atoms with Crippen molar-refractivity contribution in [2.45, 2.75) is 6.92 Å². The highest BCUT2D eigenvalue weighted by Crippen LogP contribution is 2.26. The van der Waals surface area contributed by atoms with Crippen LogP contribution in [0.3, 0.4) is 0 Å². The average molecular weight is 381 g/mol. The van der Waals surface area contributed by atoms with Crippen LogP contribution < -0.4 is 10.1 Å². The van der Waals surface area contributed by atoms with E-state index >= 15 is 0 Å². The molecule has 2 aromatic carbocycles. The fourth-order valence-corrected chi connectivity index (χ4v) is 2.65. The van der Waals surface area contributed by atoms with Crippen molar-refractivity contribution in [3.63, 3.8) is 0 Å². The van der Waals surface area contributed by atoms with Gasteiger partial charge in [-0.1, -0.05) is 24.3 Å². The molecule has 0 saturated carbocycles. The Hall–Kier alpha value is -3.61. The lowest BCUT2D eigenvalue weighted by Gasteiger charge is -2.17. The zero-order valence-electron chi connectivity index (χ0n) is 15.5. The Morgan fingerprint density at radius 1 is 1.11 bits per heavy atom. The van der Waals surface area contributed by atoms with Gasteiger partial charge in [0.1, 0.15) is 12.4 Å². The monoisotopic (exact) mass is 381 g/mol. The third-order valence-electron chi connectivity index (χ3n) is 4.16. The van der Waals surface area contributed by atoms with Crippen LogP contribution in [0.5, 0.6) is 5.75 Å². The van der Waals surface area contributed by atoms with E-state index in [1.165, 1.54) is 13.2 Å². The molecule has 7 heteroatoms. The number of nitrogens with one attached hydrogen (secondary N) is 1. The van der Waals surface area contributed by atoms with E-state index in [1.807, 2.05) is 24.3 Å². The molecule has 1 heterocycles. The van der Waals surface area contributed by atoms with Crippen LogP contribution in [-0.4, -0.2) is 38.2 Å². The summed E-state index contributed by atoms with van der Waals surface area (Å²) in [5, 5.41) is 2.63. The Morgan fingerprint density at radius 2 is 1.89 bits per heavy atom. The van der Waals surface area contributed by atoms with Crippen molar-refractivity contribution in [1.29, 1.82) is 0 Å². The number of ether oxygens (including phenoxy) is 3. The first kappa shape index (κ1) is 19.2. The molecule has 0 aliphatic carbocycles. The lowest BCUT2D eigenvalue weighted by atomic mass is 10.1. The molecule has 144 valence electrons. The summed E-state index contributed by atoms with van der Waals surface area (Å²) in [4.78, 5) is 36.0. The third-order valence-corrected chi connectivity index (χ3v) is 4.16. The summed E-state index contributed by atoms with van der Waals surface area (Å²) in [6.07, 6.45) is 1.68. The van der Waals surface area contributed by atoms with Crippen LogP contribution in [0, 0.1) is 6.92 Å². The van der Waals surface area contributed by atoms with Crippen molar-refractivity contribution in [3.05, 3.63) is 64.7 Å². The smallest absolute Gasteiger partial charge is 0.338 e. The van der Waals surface area contributed by atoms with Crippen molar-refractivity contribution >= 4 is 29.6 Å². The zero-order valence-corrected chi connectivity index (χ0v) is 15.5. The van der Waals surface area contributed by atoms with Crippen LogP contribution in [0.15, 0.2) is 48.0 Å². The molecule has 2 aromatic rings. The number of anilines is 1. The Balaban J connectivity index is 1.60. The van der Waals surface area contributed by atoms with Crippen molar-refractivity contribution in [2.75, 3.05) is 25.6 Å². The largest absolute Gasteiger partial charge is 0.488 e. The van der Waals surface area contributed by atoms with E-state index in [0.29, 0.717) is 22.6 Å². The highest BCUT2D eigenvalue weighted by Gasteiger charge is 2.19. The van der Waals surface area contributed by atoms with Gasteiger partial charge < -0.3 is 19.5 Å². The summed E-state index contributed by atoms with van der Waals surface area (Å²) >= 11 is 0. The van der Waals surface area contributed by atoms with E-state index in [4.69, 9.17) is 9.47 Å². The van der Waals surface area contributed by atoms with Gasteiger partial charge >= 0.3 is 11.9 Å². The summed E-state index contributed by atoms with van der Waals surface area (Å²) in [6.45, 7) is 1.40. The van der Waals surface area contributed by atoms with Crippen LogP contribution in [0.25, 0.3) is 6.08 Å². The normalized spacial score (nSPS) is 12.1. The molecule has 0 bridgehead atoms. The van der Waals surface area contributed by atoms with Gasteiger partial charge in [0.15, 0.2) is 6.61 Å². The molecule has 0 saturated heterocycles. The van der Waals surface area contributed by atoms with E-state index < -0.39 is 24.5 Å². The number of carbonyl (C=O) groups excluding carboxylic acids is 3. The maximum absolute atomic E-state index is 12.2. The number of amides is 1. The van der Waals surface area contributed by atoms with Crippen LogP contribution in [0.1, 0.15) is 21.5 Å².